The maximum atomic E-state index is 5.89. The highest BCUT2D eigenvalue weighted by Crippen LogP contribution is 2.43. The molecule has 3 heteroatoms. The van der Waals surface area contributed by atoms with Gasteiger partial charge in [-0.1, -0.05) is 12.1 Å². The smallest absolute Gasteiger partial charge is 0.118 e. The molecule has 19 heavy (non-hydrogen) atoms. The van der Waals surface area contributed by atoms with Crippen LogP contribution >= 0.6 is 0 Å². The molecule has 3 nitrogen and oxygen atoms in total. The zero-order valence-electron chi connectivity index (χ0n) is 12.4. The number of ether oxygens (including phenoxy) is 2. The molecule has 1 unspecified atom stereocenters. The van der Waals surface area contributed by atoms with Crippen molar-refractivity contribution in [1.82, 2.24) is 0 Å². The Morgan fingerprint density at radius 1 is 1.26 bits per heavy atom. The Hall–Kier alpha value is -1.06. The average molecular weight is 264 g/mol. The molecule has 0 amide bonds. The molecule has 0 radical (unpaired) electrons. The molecule has 0 aromatic heterocycles. The summed E-state index contributed by atoms with van der Waals surface area (Å²) in [6, 6.07) is 8.52. The van der Waals surface area contributed by atoms with Gasteiger partial charge in [0.1, 0.15) is 5.75 Å². The lowest BCUT2D eigenvalue weighted by Crippen LogP contribution is -2.55. The van der Waals surface area contributed by atoms with Gasteiger partial charge in [0.25, 0.3) is 0 Å². The van der Waals surface area contributed by atoms with Crippen molar-refractivity contribution in [1.29, 1.82) is 0 Å². The third-order valence-corrected chi connectivity index (χ3v) is 4.20. The standard InChI is InChI=1S/C16H25NO2/c1-15(2)12-16(8-10-17,9-11-19-15)13-4-6-14(18-3)7-5-13/h4-7H,8-12,17H2,1-3H3/p+1. The maximum absolute atomic E-state index is 5.89. The first-order valence-electron chi connectivity index (χ1n) is 7.09. The van der Waals surface area contributed by atoms with Gasteiger partial charge >= 0.3 is 0 Å². The molecule has 1 aliphatic rings. The van der Waals surface area contributed by atoms with E-state index in [1.807, 2.05) is 0 Å². The van der Waals surface area contributed by atoms with Crippen molar-refractivity contribution in [3.05, 3.63) is 29.8 Å². The van der Waals surface area contributed by atoms with E-state index in [1.165, 1.54) is 5.56 Å². The van der Waals surface area contributed by atoms with Crippen LogP contribution in [0.4, 0.5) is 0 Å². The Bertz CT molecular complexity index is 409. The van der Waals surface area contributed by atoms with E-state index in [2.05, 4.69) is 43.8 Å². The van der Waals surface area contributed by atoms with Gasteiger partial charge in [-0.3, -0.25) is 0 Å². The summed E-state index contributed by atoms with van der Waals surface area (Å²) in [4.78, 5) is 0. The van der Waals surface area contributed by atoms with Crippen molar-refractivity contribution < 1.29 is 15.2 Å². The molecule has 0 bridgehead atoms. The Morgan fingerprint density at radius 3 is 2.47 bits per heavy atom. The number of hydrogen-bond acceptors (Lipinski definition) is 2. The normalized spacial score (nSPS) is 26.1. The van der Waals surface area contributed by atoms with Gasteiger partial charge in [0.15, 0.2) is 0 Å². The Morgan fingerprint density at radius 2 is 1.95 bits per heavy atom. The quantitative estimate of drug-likeness (QED) is 0.905. The van der Waals surface area contributed by atoms with E-state index in [4.69, 9.17) is 9.47 Å². The summed E-state index contributed by atoms with van der Waals surface area (Å²) in [5, 5.41) is 0. The Kier molecular flexibility index (Phi) is 4.16. The fraction of sp³-hybridized carbons (Fsp3) is 0.625. The lowest BCUT2D eigenvalue weighted by molar-refractivity contribution is -0.372. The highest BCUT2D eigenvalue weighted by molar-refractivity contribution is 5.33. The van der Waals surface area contributed by atoms with Crippen LogP contribution in [0.2, 0.25) is 0 Å². The van der Waals surface area contributed by atoms with Crippen LogP contribution in [-0.2, 0) is 10.2 Å². The molecule has 106 valence electrons. The molecule has 1 aromatic rings. The second-order valence-corrected chi connectivity index (χ2v) is 6.15. The average Bonchev–Trinajstić information content (AvgIpc) is 2.38. The number of methoxy groups -OCH3 is 1. The van der Waals surface area contributed by atoms with Crippen molar-refractivity contribution in [2.45, 2.75) is 44.1 Å². The minimum atomic E-state index is -0.0483. The monoisotopic (exact) mass is 264 g/mol. The molecule has 0 saturated carbocycles. The van der Waals surface area contributed by atoms with E-state index in [0.717, 1.165) is 38.2 Å². The van der Waals surface area contributed by atoms with E-state index in [0.29, 0.717) is 0 Å². The number of quaternary nitrogens is 1. The largest absolute Gasteiger partial charge is 0.497 e. The molecule has 1 atom stereocenters. The highest BCUT2D eigenvalue weighted by atomic mass is 16.5. The summed E-state index contributed by atoms with van der Waals surface area (Å²) >= 11 is 0. The molecule has 1 aromatic carbocycles. The van der Waals surface area contributed by atoms with Gasteiger partial charge in [-0.2, -0.15) is 0 Å². The van der Waals surface area contributed by atoms with Crippen LogP contribution in [0.1, 0.15) is 38.7 Å². The maximum Gasteiger partial charge on any atom is 0.118 e. The third kappa shape index (κ3) is 3.10. The third-order valence-electron chi connectivity index (χ3n) is 4.20. The van der Waals surface area contributed by atoms with Crippen molar-refractivity contribution in [2.24, 2.45) is 0 Å². The second kappa shape index (κ2) is 5.51. The summed E-state index contributed by atoms with van der Waals surface area (Å²) in [6.45, 7) is 6.17. The summed E-state index contributed by atoms with van der Waals surface area (Å²) in [7, 11) is 1.71. The van der Waals surface area contributed by atoms with Crippen LogP contribution in [0.25, 0.3) is 0 Å². The predicted octanol–water partition coefficient (Wildman–Crippen LogP) is 2.15. The molecule has 0 aliphatic carbocycles. The minimum absolute atomic E-state index is 0.0483. The van der Waals surface area contributed by atoms with Gasteiger partial charge in [0.2, 0.25) is 0 Å². The summed E-state index contributed by atoms with van der Waals surface area (Å²) in [5.74, 6) is 0.917. The van der Waals surface area contributed by atoms with Gasteiger partial charge in [-0.05, 0) is 44.4 Å². The molecule has 2 rings (SSSR count). The Balaban J connectivity index is 2.32. The van der Waals surface area contributed by atoms with Crippen molar-refractivity contribution in [3.63, 3.8) is 0 Å². The molecule has 3 N–H and O–H groups in total. The van der Waals surface area contributed by atoms with Crippen LogP contribution in [0.15, 0.2) is 24.3 Å². The topological polar surface area (TPSA) is 46.1 Å². The molecule has 0 spiro atoms. The predicted molar refractivity (Wildman–Crippen MR) is 76.3 cm³/mol. The molecule has 1 saturated heterocycles. The van der Waals surface area contributed by atoms with E-state index in [9.17, 15) is 0 Å². The SMILES string of the molecule is COc1ccc(C2(CC[NH3+])CCOC(C)(C)C2)cc1. The number of benzene rings is 1. The van der Waals surface area contributed by atoms with Gasteiger partial charge in [0, 0.05) is 18.4 Å². The van der Waals surface area contributed by atoms with E-state index < -0.39 is 0 Å². The first-order valence-corrected chi connectivity index (χ1v) is 7.09. The van der Waals surface area contributed by atoms with E-state index >= 15 is 0 Å². The van der Waals surface area contributed by atoms with Gasteiger partial charge < -0.3 is 15.2 Å². The highest BCUT2D eigenvalue weighted by Gasteiger charge is 2.41. The summed E-state index contributed by atoms with van der Waals surface area (Å²) in [6.07, 6.45) is 3.26. The van der Waals surface area contributed by atoms with Crippen LogP contribution in [-0.4, -0.2) is 25.9 Å². The first kappa shape index (κ1) is 14.4. The Labute approximate surface area is 116 Å². The zero-order chi connectivity index (χ0) is 13.9. The van der Waals surface area contributed by atoms with Crippen molar-refractivity contribution in [2.75, 3.05) is 20.3 Å². The second-order valence-electron chi connectivity index (χ2n) is 6.15. The number of hydrogen-bond donors (Lipinski definition) is 1. The fourth-order valence-corrected chi connectivity index (χ4v) is 3.36. The van der Waals surface area contributed by atoms with Crippen molar-refractivity contribution in [3.8, 4) is 5.75 Å². The molecular formula is C16H26NO2+. The lowest BCUT2D eigenvalue weighted by Gasteiger charge is -2.45. The molecular weight excluding hydrogens is 238 g/mol. The van der Waals surface area contributed by atoms with Gasteiger partial charge in [-0.15, -0.1) is 0 Å². The number of rotatable bonds is 4. The van der Waals surface area contributed by atoms with Crippen LogP contribution in [0.5, 0.6) is 5.75 Å². The summed E-state index contributed by atoms with van der Waals surface area (Å²) in [5.41, 5.74) is 5.62. The molecule has 1 heterocycles. The zero-order valence-corrected chi connectivity index (χ0v) is 12.4. The van der Waals surface area contributed by atoms with Crippen LogP contribution in [0, 0.1) is 0 Å². The van der Waals surface area contributed by atoms with Gasteiger partial charge in [-0.25, -0.2) is 0 Å². The lowest BCUT2D eigenvalue weighted by atomic mass is 9.67. The van der Waals surface area contributed by atoms with Crippen molar-refractivity contribution >= 4 is 0 Å². The molecule has 1 fully saturated rings. The molecule has 1 aliphatic heterocycles. The first-order chi connectivity index (χ1) is 9.01. The minimum Gasteiger partial charge on any atom is -0.497 e. The fourth-order valence-electron chi connectivity index (χ4n) is 3.36. The van der Waals surface area contributed by atoms with E-state index in [-0.39, 0.29) is 11.0 Å². The van der Waals surface area contributed by atoms with Gasteiger partial charge in [0.05, 0.1) is 19.3 Å². The van der Waals surface area contributed by atoms with Crippen LogP contribution in [0.3, 0.4) is 0 Å². The summed E-state index contributed by atoms with van der Waals surface area (Å²) < 4.78 is 11.1. The van der Waals surface area contributed by atoms with Crippen LogP contribution < -0.4 is 10.5 Å². The van der Waals surface area contributed by atoms with E-state index in [1.54, 1.807) is 7.11 Å².